The molecule has 0 fully saturated rings. The molecule has 0 aliphatic carbocycles. The van der Waals surface area contributed by atoms with Crippen molar-refractivity contribution in [3.63, 3.8) is 0 Å². The third-order valence-corrected chi connectivity index (χ3v) is 4.19. The van der Waals surface area contributed by atoms with E-state index in [0.29, 0.717) is 17.1 Å². The quantitative estimate of drug-likeness (QED) is 0.380. The fourth-order valence-corrected chi connectivity index (χ4v) is 2.64. The molecule has 0 spiro atoms. The van der Waals surface area contributed by atoms with E-state index in [9.17, 15) is 9.18 Å². The van der Waals surface area contributed by atoms with Gasteiger partial charge in [0, 0.05) is 37.3 Å². The first-order valence-electron chi connectivity index (χ1n) is 7.71. The molecule has 1 N–H and O–H groups in total. The van der Waals surface area contributed by atoms with Crippen molar-refractivity contribution in [2.45, 2.75) is 19.3 Å². The van der Waals surface area contributed by atoms with Crippen LogP contribution in [0.2, 0.25) is 5.15 Å². The maximum absolute atomic E-state index is 14.1. The molecule has 0 aliphatic rings. The molecule has 5 nitrogen and oxygen atoms in total. The average Bonchev–Trinajstić information content (AvgIpc) is 2.62. The summed E-state index contributed by atoms with van der Waals surface area (Å²) in [7, 11) is 0. The molecule has 0 saturated carbocycles. The monoisotopic (exact) mass is 565 g/mol. The zero-order chi connectivity index (χ0) is 18.9. The summed E-state index contributed by atoms with van der Waals surface area (Å²) in [6, 6.07) is 14.1. The van der Waals surface area contributed by atoms with E-state index in [0.717, 1.165) is 0 Å². The first-order chi connectivity index (χ1) is 12.3. The molecule has 8 heteroatoms. The number of halogens is 2. The van der Waals surface area contributed by atoms with Gasteiger partial charge in [0.25, 0.3) is 0 Å². The fourth-order valence-electron chi connectivity index (χ4n) is 2.51. The van der Waals surface area contributed by atoms with Crippen LogP contribution < -0.4 is 0 Å². The fraction of sp³-hybridized carbons (Fsp3) is 0.158. The molecule has 27 heavy (non-hydrogen) atoms. The van der Waals surface area contributed by atoms with E-state index in [1.165, 1.54) is 12.1 Å². The molecule has 142 valence electrons. The van der Waals surface area contributed by atoms with Gasteiger partial charge in [-0.3, -0.25) is 0 Å². The Morgan fingerprint density at radius 2 is 1.74 bits per heavy atom. The van der Waals surface area contributed by atoms with E-state index in [2.05, 4.69) is 21.0 Å². The Labute approximate surface area is 174 Å². The van der Waals surface area contributed by atoms with Gasteiger partial charge in [0.15, 0.2) is 0 Å². The molecular weight excluding hydrogens is 552 g/mol. The summed E-state index contributed by atoms with van der Waals surface area (Å²) in [5, 5.41) is 9.16. The maximum atomic E-state index is 14.1. The largest absolute Gasteiger partial charge is 0.477 e. The summed E-state index contributed by atoms with van der Waals surface area (Å²) in [4.78, 5) is 23.5. The molecule has 3 heterocycles. The Kier molecular flexibility index (Phi) is 6.45. The Morgan fingerprint density at radius 1 is 1.11 bits per heavy atom. The molecule has 3 rings (SSSR count). The van der Waals surface area contributed by atoms with Gasteiger partial charge in [0.05, 0.1) is 5.69 Å². The van der Waals surface area contributed by atoms with Crippen molar-refractivity contribution in [3.05, 3.63) is 76.7 Å². The molecule has 0 saturated heterocycles. The zero-order valence-electron chi connectivity index (χ0n) is 14.3. The number of pyridine rings is 3. The van der Waals surface area contributed by atoms with Gasteiger partial charge in [-0.25, -0.2) is 14.2 Å². The minimum absolute atomic E-state index is 0. The zero-order valence-corrected chi connectivity index (χ0v) is 17.3. The number of hydrogen-bond acceptors (Lipinski definition) is 4. The number of rotatable bonds is 4. The molecule has 0 unspecified atom stereocenters. The number of carboxylic acids is 1. The molecule has 3 aromatic heterocycles. The standard InChI is InChI=1S/C19H14ClFN3O2.Pt/c1-19(2,15-8-4-6-13(23-15)18(25)26)14-7-3-5-12(22-14)11-9-10-16(20)24-17(11)21;/h3-8,10H,1-2H3,(H,25,26);/q-1;. The van der Waals surface area contributed by atoms with E-state index >= 15 is 0 Å². The Hall–Kier alpha value is -2.17. The van der Waals surface area contributed by atoms with Crippen LogP contribution in [0.5, 0.6) is 0 Å². The van der Waals surface area contributed by atoms with Crippen LogP contribution in [0.3, 0.4) is 0 Å². The minimum Gasteiger partial charge on any atom is -0.477 e. The number of carboxylic acid groups (broad SMARTS) is 1. The number of aromatic carboxylic acids is 1. The number of hydrogen-bond donors (Lipinski definition) is 1. The van der Waals surface area contributed by atoms with Crippen LogP contribution in [0.1, 0.15) is 35.7 Å². The number of nitrogens with zero attached hydrogens (tertiary/aromatic N) is 3. The molecule has 0 aromatic carbocycles. The summed E-state index contributed by atoms with van der Waals surface area (Å²) < 4.78 is 14.1. The van der Waals surface area contributed by atoms with E-state index < -0.39 is 17.3 Å². The summed E-state index contributed by atoms with van der Waals surface area (Å²) in [5.41, 5.74) is 0.866. The Morgan fingerprint density at radius 3 is 2.37 bits per heavy atom. The second-order valence-corrected chi connectivity index (χ2v) is 6.52. The second kappa shape index (κ2) is 8.24. The van der Waals surface area contributed by atoms with Crippen LogP contribution in [-0.4, -0.2) is 26.0 Å². The van der Waals surface area contributed by atoms with Gasteiger partial charge < -0.3 is 15.1 Å². The SMILES string of the molecule is CC(C)(c1cccc(C(=O)O)n1)c1cccc(-c2[c-]cc(Cl)nc2F)n1.[Pt]. The molecule has 0 aliphatic heterocycles. The van der Waals surface area contributed by atoms with Crippen molar-refractivity contribution in [3.8, 4) is 11.3 Å². The normalized spacial score (nSPS) is 11.0. The van der Waals surface area contributed by atoms with Gasteiger partial charge >= 0.3 is 5.97 Å². The van der Waals surface area contributed by atoms with Gasteiger partial charge in [-0.2, -0.15) is 0 Å². The van der Waals surface area contributed by atoms with Crippen LogP contribution in [0, 0.1) is 12.0 Å². The molecule has 0 atom stereocenters. The molecule has 3 aromatic rings. The summed E-state index contributed by atoms with van der Waals surface area (Å²) in [6.07, 6.45) is 0. The van der Waals surface area contributed by atoms with Gasteiger partial charge in [-0.05, 0) is 37.7 Å². The smallest absolute Gasteiger partial charge is 0.354 e. The van der Waals surface area contributed by atoms with Crippen molar-refractivity contribution in [2.75, 3.05) is 0 Å². The second-order valence-electron chi connectivity index (χ2n) is 6.14. The molecule has 0 radical (unpaired) electrons. The minimum atomic E-state index is -1.10. The number of aromatic nitrogens is 3. The van der Waals surface area contributed by atoms with Gasteiger partial charge in [-0.1, -0.05) is 23.8 Å². The van der Waals surface area contributed by atoms with Gasteiger partial charge in [0.1, 0.15) is 11.6 Å². The van der Waals surface area contributed by atoms with Crippen LogP contribution in [0.4, 0.5) is 4.39 Å². The summed E-state index contributed by atoms with van der Waals surface area (Å²) in [5.74, 6) is -1.86. The van der Waals surface area contributed by atoms with Crippen LogP contribution >= 0.6 is 11.6 Å². The Bertz CT molecular complexity index is 998. The summed E-state index contributed by atoms with van der Waals surface area (Å²) in [6.45, 7) is 3.74. The van der Waals surface area contributed by atoms with Crippen LogP contribution in [0.25, 0.3) is 11.3 Å². The first-order valence-corrected chi connectivity index (χ1v) is 8.09. The van der Waals surface area contributed by atoms with Gasteiger partial charge in [-0.15, -0.1) is 23.7 Å². The van der Waals surface area contributed by atoms with Crippen LogP contribution in [0.15, 0.2) is 42.5 Å². The molecule has 0 bridgehead atoms. The van der Waals surface area contributed by atoms with Crippen molar-refractivity contribution >= 4 is 17.6 Å². The van der Waals surface area contributed by atoms with Crippen molar-refractivity contribution < 1.29 is 35.4 Å². The van der Waals surface area contributed by atoms with Crippen LogP contribution in [-0.2, 0) is 26.5 Å². The van der Waals surface area contributed by atoms with Crippen molar-refractivity contribution in [1.82, 2.24) is 15.0 Å². The topological polar surface area (TPSA) is 76.0 Å². The number of carbonyl (C=O) groups is 1. The predicted molar refractivity (Wildman–Crippen MR) is 94.6 cm³/mol. The predicted octanol–water partition coefficient (Wildman–Crippen LogP) is 4.15. The van der Waals surface area contributed by atoms with E-state index in [1.54, 1.807) is 30.3 Å². The third-order valence-electron chi connectivity index (χ3n) is 4.00. The van der Waals surface area contributed by atoms with E-state index in [4.69, 9.17) is 16.7 Å². The Balaban J connectivity index is 0.00000261. The average molecular weight is 566 g/mol. The molecular formula is C19H14ClFN3O2Pt-. The van der Waals surface area contributed by atoms with Crippen molar-refractivity contribution in [1.29, 1.82) is 0 Å². The first kappa shape index (κ1) is 21.1. The van der Waals surface area contributed by atoms with E-state index in [-0.39, 0.29) is 37.5 Å². The summed E-state index contributed by atoms with van der Waals surface area (Å²) >= 11 is 5.67. The third kappa shape index (κ3) is 4.39. The maximum Gasteiger partial charge on any atom is 0.354 e. The van der Waals surface area contributed by atoms with Gasteiger partial charge in [0.2, 0.25) is 0 Å². The molecule has 0 amide bonds. The van der Waals surface area contributed by atoms with E-state index in [1.807, 2.05) is 13.8 Å². The van der Waals surface area contributed by atoms with Crippen molar-refractivity contribution in [2.24, 2.45) is 0 Å².